The third-order valence-corrected chi connectivity index (χ3v) is 2.02. The number of likely N-dealkylation sites (tertiary alicyclic amines) is 1. The SMILES string of the molecule is CC(C)CN1C[C@@H](C=O)CC1=O. The molecule has 0 bridgehead atoms. The van der Waals surface area contributed by atoms with Crippen LogP contribution in [0.4, 0.5) is 0 Å². The van der Waals surface area contributed by atoms with Gasteiger partial charge in [0.1, 0.15) is 6.29 Å². The molecule has 0 saturated carbocycles. The summed E-state index contributed by atoms with van der Waals surface area (Å²) in [4.78, 5) is 23.4. The Labute approximate surface area is 72.7 Å². The molecule has 0 unspecified atom stereocenters. The molecule has 0 aromatic heterocycles. The van der Waals surface area contributed by atoms with Gasteiger partial charge < -0.3 is 9.69 Å². The quantitative estimate of drug-likeness (QED) is 0.583. The maximum absolute atomic E-state index is 11.2. The van der Waals surface area contributed by atoms with Gasteiger partial charge in [0.25, 0.3) is 0 Å². The smallest absolute Gasteiger partial charge is 0.223 e. The Bertz CT molecular complexity index is 189. The van der Waals surface area contributed by atoms with Gasteiger partial charge in [0.2, 0.25) is 5.91 Å². The Balaban J connectivity index is 2.46. The molecular formula is C9H15NO2. The lowest BCUT2D eigenvalue weighted by atomic mass is 10.1. The summed E-state index contributed by atoms with van der Waals surface area (Å²) in [5.41, 5.74) is 0. The summed E-state index contributed by atoms with van der Waals surface area (Å²) < 4.78 is 0. The molecule has 1 aliphatic heterocycles. The molecule has 3 heteroatoms. The van der Waals surface area contributed by atoms with E-state index < -0.39 is 0 Å². The van der Waals surface area contributed by atoms with Gasteiger partial charge in [-0.2, -0.15) is 0 Å². The molecular weight excluding hydrogens is 154 g/mol. The van der Waals surface area contributed by atoms with Crippen molar-refractivity contribution < 1.29 is 9.59 Å². The van der Waals surface area contributed by atoms with Crippen LogP contribution in [-0.4, -0.2) is 30.2 Å². The van der Waals surface area contributed by atoms with Gasteiger partial charge in [0.15, 0.2) is 0 Å². The molecule has 68 valence electrons. The van der Waals surface area contributed by atoms with Crippen LogP contribution in [-0.2, 0) is 9.59 Å². The summed E-state index contributed by atoms with van der Waals surface area (Å²) in [6.07, 6.45) is 1.30. The van der Waals surface area contributed by atoms with Gasteiger partial charge in [-0.3, -0.25) is 4.79 Å². The van der Waals surface area contributed by atoms with Crippen LogP contribution in [0.2, 0.25) is 0 Å². The normalized spacial score (nSPS) is 23.8. The van der Waals surface area contributed by atoms with Crippen molar-refractivity contribution in [3.63, 3.8) is 0 Å². The van der Waals surface area contributed by atoms with Crippen molar-refractivity contribution in [1.29, 1.82) is 0 Å². The third kappa shape index (κ3) is 2.06. The van der Waals surface area contributed by atoms with E-state index in [2.05, 4.69) is 13.8 Å². The molecule has 0 aliphatic carbocycles. The molecule has 1 aliphatic rings. The average molecular weight is 169 g/mol. The average Bonchev–Trinajstić information content (AvgIpc) is 2.31. The number of hydrogen-bond donors (Lipinski definition) is 0. The van der Waals surface area contributed by atoms with E-state index in [4.69, 9.17) is 0 Å². The molecule has 0 spiro atoms. The molecule has 1 atom stereocenters. The first-order valence-electron chi connectivity index (χ1n) is 4.36. The van der Waals surface area contributed by atoms with Gasteiger partial charge in [-0.25, -0.2) is 0 Å². The molecule has 0 radical (unpaired) electrons. The Morgan fingerprint density at radius 1 is 1.67 bits per heavy atom. The summed E-state index contributed by atoms with van der Waals surface area (Å²) in [7, 11) is 0. The van der Waals surface area contributed by atoms with E-state index in [1.165, 1.54) is 0 Å². The van der Waals surface area contributed by atoms with Crippen LogP contribution in [0.25, 0.3) is 0 Å². The number of hydrogen-bond acceptors (Lipinski definition) is 2. The van der Waals surface area contributed by atoms with Crippen LogP contribution >= 0.6 is 0 Å². The van der Waals surface area contributed by atoms with Crippen molar-refractivity contribution in [2.45, 2.75) is 20.3 Å². The number of amides is 1. The van der Waals surface area contributed by atoms with Gasteiger partial charge >= 0.3 is 0 Å². The minimum Gasteiger partial charge on any atom is -0.342 e. The maximum Gasteiger partial charge on any atom is 0.223 e. The molecule has 1 rings (SSSR count). The summed E-state index contributed by atoms with van der Waals surface area (Å²) in [5, 5.41) is 0. The van der Waals surface area contributed by atoms with Crippen molar-refractivity contribution in [1.82, 2.24) is 4.90 Å². The molecule has 1 saturated heterocycles. The molecule has 1 fully saturated rings. The van der Waals surface area contributed by atoms with Crippen LogP contribution in [0.3, 0.4) is 0 Å². The molecule has 0 N–H and O–H groups in total. The Kier molecular flexibility index (Phi) is 2.84. The van der Waals surface area contributed by atoms with Crippen LogP contribution in [0.15, 0.2) is 0 Å². The fraction of sp³-hybridized carbons (Fsp3) is 0.778. The number of carbonyl (C=O) groups excluding carboxylic acids is 2. The van der Waals surface area contributed by atoms with E-state index in [0.29, 0.717) is 18.9 Å². The lowest BCUT2D eigenvalue weighted by Crippen LogP contribution is -2.29. The summed E-state index contributed by atoms with van der Waals surface area (Å²) >= 11 is 0. The predicted molar refractivity (Wildman–Crippen MR) is 45.6 cm³/mol. The third-order valence-electron chi connectivity index (χ3n) is 2.02. The zero-order chi connectivity index (χ0) is 9.14. The lowest BCUT2D eigenvalue weighted by Gasteiger charge is -2.17. The van der Waals surface area contributed by atoms with Crippen molar-refractivity contribution in [2.24, 2.45) is 11.8 Å². The van der Waals surface area contributed by atoms with Crippen molar-refractivity contribution in [3.05, 3.63) is 0 Å². The summed E-state index contributed by atoms with van der Waals surface area (Å²) in [6, 6.07) is 0. The zero-order valence-electron chi connectivity index (χ0n) is 7.62. The molecule has 0 aromatic rings. The first-order valence-corrected chi connectivity index (χ1v) is 4.36. The highest BCUT2D eigenvalue weighted by Gasteiger charge is 2.28. The summed E-state index contributed by atoms with van der Waals surface area (Å²) in [6.45, 7) is 5.55. The first kappa shape index (κ1) is 9.23. The monoisotopic (exact) mass is 169 g/mol. The standard InChI is InChI=1S/C9H15NO2/c1-7(2)4-10-5-8(6-11)3-9(10)12/h6-8H,3-5H2,1-2H3/t8-/m0/s1. The van der Waals surface area contributed by atoms with Gasteiger partial charge in [-0.15, -0.1) is 0 Å². The van der Waals surface area contributed by atoms with Crippen molar-refractivity contribution in [3.8, 4) is 0 Å². The Hall–Kier alpha value is -0.860. The van der Waals surface area contributed by atoms with Gasteiger partial charge in [0, 0.05) is 25.4 Å². The topological polar surface area (TPSA) is 37.4 Å². The second-order valence-electron chi connectivity index (χ2n) is 3.79. The van der Waals surface area contributed by atoms with E-state index in [1.807, 2.05) is 0 Å². The Morgan fingerprint density at radius 3 is 2.75 bits per heavy atom. The second kappa shape index (κ2) is 3.70. The van der Waals surface area contributed by atoms with Crippen LogP contribution in [0.1, 0.15) is 20.3 Å². The van der Waals surface area contributed by atoms with E-state index in [0.717, 1.165) is 12.8 Å². The van der Waals surface area contributed by atoms with E-state index in [-0.39, 0.29) is 11.8 Å². The zero-order valence-corrected chi connectivity index (χ0v) is 7.62. The second-order valence-corrected chi connectivity index (χ2v) is 3.79. The molecule has 0 aromatic carbocycles. The summed E-state index contributed by atoms with van der Waals surface area (Å²) in [5.74, 6) is 0.552. The molecule has 1 heterocycles. The number of nitrogens with zero attached hydrogens (tertiary/aromatic N) is 1. The predicted octanol–water partition coefficient (Wildman–Crippen LogP) is 0.690. The number of rotatable bonds is 3. The van der Waals surface area contributed by atoms with Crippen LogP contribution in [0.5, 0.6) is 0 Å². The Morgan fingerprint density at radius 2 is 2.33 bits per heavy atom. The van der Waals surface area contributed by atoms with Crippen molar-refractivity contribution >= 4 is 12.2 Å². The molecule has 1 amide bonds. The van der Waals surface area contributed by atoms with Gasteiger partial charge in [-0.05, 0) is 5.92 Å². The number of aldehydes is 1. The highest BCUT2D eigenvalue weighted by Crippen LogP contribution is 2.16. The largest absolute Gasteiger partial charge is 0.342 e. The van der Waals surface area contributed by atoms with Gasteiger partial charge in [0.05, 0.1) is 0 Å². The molecule has 12 heavy (non-hydrogen) atoms. The highest BCUT2D eigenvalue weighted by molar-refractivity contribution is 5.82. The van der Waals surface area contributed by atoms with Crippen molar-refractivity contribution in [2.75, 3.05) is 13.1 Å². The minimum absolute atomic E-state index is 0.0590. The van der Waals surface area contributed by atoms with Crippen LogP contribution in [0, 0.1) is 11.8 Å². The van der Waals surface area contributed by atoms with Gasteiger partial charge in [-0.1, -0.05) is 13.8 Å². The first-order chi connectivity index (χ1) is 5.63. The van der Waals surface area contributed by atoms with E-state index >= 15 is 0 Å². The fourth-order valence-corrected chi connectivity index (χ4v) is 1.51. The minimum atomic E-state index is -0.0590. The molecule has 3 nitrogen and oxygen atoms in total. The van der Waals surface area contributed by atoms with E-state index in [9.17, 15) is 9.59 Å². The lowest BCUT2D eigenvalue weighted by molar-refractivity contribution is -0.128. The number of carbonyl (C=O) groups is 2. The van der Waals surface area contributed by atoms with E-state index in [1.54, 1.807) is 4.90 Å². The highest BCUT2D eigenvalue weighted by atomic mass is 16.2. The van der Waals surface area contributed by atoms with Crippen LogP contribution < -0.4 is 0 Å². The fourth-order valence-electron chi connectivity index (χ4n) is 1.51. The maximum atomic E-state index is 11.2.